The number of rotatable bonds is 7. The van der Waals surface area contributed by atoms with Gasteiger partial charge in [-0.2, -0.15) is 0 Å². The predicted molar refractivity (Wildman–Crippen MR) is 69.5 cm³/mol. The van der Waals surface area contributed by atoms with Crippen molar-refractivity contribution in [1.82, 2.24) is 0 Å². The molecule has 0 aromatic heterocycles. The summed E-state index contributed by atoms with van der Waals surface area (Å²) in [6, 6.07) is 0. The Labute approximate surface area is 97.6 Å². The molecule has 16 heavy (non-hydrogen) atoms. The molecule has 88 valence electrons. The summed E-state index contributed by atoms with van der Waals surface area (Å²) < 4.78 is 13.3. The van der Waals surface area contributed by atoms with Gasteiger partial charge in [-0.15, -0.1) is 0 Å². The maximum absolute atomic E-state index is 13.3. The zero-order valence-corrected chi connectivity index (χ0v) is 10.1. The van der Waals surface area contributed by atoms with Crippen molar-refractivity contribution in [3.05, 3.63) is 48.4 Å². The summed E-state index contributed by atoms with van der Waals surface area (Å²) >= 11 is 0. The normalized spacial score (nSPS) is 12.6. The molecule has 0 rings (SSSR count). The van der Waals surface area contributed by atoms with Crippen molar-refractivity contribution >= 4 is 5.71 Å². The Balaban J connectivity index is 4.28. The maximum Gasteiger partial charge on any atom is 0.131 e. The van der Waals surface area contributed by atoms with Gasteiger partial charge in [0.15, 0.2) is 0 Å². The number of halogens is 1. The lowest BCUT2D eigenvalue weighted by Crippen LogP contribution is -1.96. The van der Waals surface area contributed by atoms with Crippen LogP contribution in [0.3, 0.4) is 0 Å². The standard InChI is InChI=1S/C14H20FN/c1-4-6-8-9-11-14(16)12(3)13(15)10-7-5-2/h5,7,9-11,16H,3-4,6,8H2,1-2H3/b7-5-,11-9+,13-10+,16-14?. The predicted octanol–water partition coefficient (Wildman–Crippen LogP) is 4.74. The number of nitrogens with one attached hydrogen (secondary N) is 1. The van der Waals surface area contributed by atoms with Crippen LogP contribution in [-0.2, 0) is 0 Å². The highest BCUT2D eigenvalue weighted by atomic mass is 19.1. The first-order chi connectivity index (χ1) is 7.63. The largest absolute Gasteiger partial charge is 0.300 e. The molecule has 0 amide bonds. The summed E-state index contributed by atoms with van der Waals surface area (Å²) in [5.74, 6) is -0.455. The van der Waals surface area contributed by atoms with Crippen LogP contribution in [0.1, 0.15) is 33.1 Å². The molecule has 0 saturated carbocycles. The van der Waals surface area contributed by atoms with Crippen molar-refractivity contribution in [2.45, 2.75) is 33.1 Å². The van der Waals surface area contributed by atoms with Crippen molar-refractivity contribution in [3.8, 4) is 0 Å². The van der Waals surface area contributed by atoms with E-state index >= 15 is 0 Å². The Hall–Kier alpha value is -1.44. The number of unbranched alkanes of at least 4 members (excludes halogenated alkanes) is 2. The van der Waals surface area contributed by atoms with E-state index in [0.29, 0.717) is 0 Å². The molecule has 1 nitrogen and oxygen atoms in total. The molecule has 0 aliphatic carbocycles. The van der Waals surface area contributed by atoms with Crippen LogP contribution in [0.2, 0.25) is 0 Å². The number of allylic oxidation sites excluding steroid dienone is 7. The first-order valence-electron chi connectivity index (χ1n) is 5.56. The Bertz CT molecular complexity index is 322. The van der Waals surface area contributed by atoms with E-state index in [1.165, 1.54) is 6.08 Å². The van der Waals surface area contributed by atoms with Gasteiger partial charge in [0.1, 0.15) is 5.83 Å². The summed E-state index contributed by atoms with van der Waals surface area (Å²) in [7, 11) is 0. The highest BCUT2D eigenvalue weighted by molar-refractivity contribution is 6.08. The third-order valence-corrected chi connectivity index (χ3v) is 2.06. The van der Waals surface area contributed by atoms with E-state index in [1.54, 1.807) is 18.2 Å². The summed E-state index contributed by atoms with van der Waals surface area (Å²) in [5.41, 5.74) is 0.264. The average Bonchev–Trinajstić information content (AvgIpc) is 2.30. The zero-order chi connectivity index (χ0) is 12.4. The van der Waals surface area contributed by atoms with Crippen molar-refractivity contribution in [3.63, 3.8) is 0 Å². The Morgan fingerprint density at radius 3 is 2.69 bits per heavy atom. The van der Waals surface area contributed by atoms with Crippen molar-refractivity contribution in [1.29, 1.82) is 5.41 Å². The van der Waals surface area contributed by atoms with E-state index in [0.717, 1.165) is 19.3 Å². The lowest BCUT2D eigenvalue weighted by Gasteiger charge is -1.99. The summed E-state index contributed by atoms with van der Waals surface area (Å²) in [5, 5.41) is 7.60. The molecule has 0 aliphatic rings. The fourth-order valence-electron chi connectivity index (χ4n) is 1.03. The monoisotopic (exact) mass is 221 g/mol. The molecule has 0 atom stereocenters. The number of hydrogen-bond donors (Lipinski definition) is 1. The van der Waals surface area contributed by atoms with Crippen LogP contribution in [-0.4, -0.2) is 5.71 Å². The Morgan fingerprint density at radius 2 is 2.12 bits per heavy atom. The van der Waals surface area contributed by atoms with Gasteiger partial charge in [0.05, 0.1) is 5.71 Å². The van der Waals surface area contributed by atoms with Crippen LogP contribution >= 0.6 is 0 Å². The van der Waals surface area contributed by atoms with E-state index in [4.69, 9.17) is 5.41 Å². The molecular weight excluding hydrogens is 201 g/mol. The first kappa shape index (κ1) is 14.6. The topological polar surface area (TPSA) is 23.9 Å². The summed E-state index contributed by atoms with van der Waals surface area (Å²) in [4.78, 5) is 0. The van der Waals surface area contributed by atoms with Gasteiger partial charge in [-0.1, -0.05) is 44.6 Å². The lowest BCUT2D eigenvalue weighted by atomic mass is 10.1. The molecule has 0 saturated heterocycles. The van der Waals surface area contributed by atoms with Gasteiger partial charge in [0, 0.05) is 5.57 Å². The molecule has 2 heteroatoms. The van der Waals surface area contributed by atoms with E-state index < -0.39 is 5.83 Å². The Morgan fingerprint density at radius 1 is 1.44 bits per heavy atom. The van der Waals surface area contributed by atoms with Crippen LogP contribution < -0.4 is 0 Å². The Kier molecular flexibility index (Phi) is 8.04. The van der Waals surface area contributed by atoms with Crippen LogP contribution in [0.5, 0.6) is 0 Å². The molecule has 0 bridgehead atoms. The van der Waals surface area contributed by atoms with Crippen molar-refractivity contribution in [2.75, 3.05) is 0 Å². The minimum atomic E-state index is -0.455. The van der Waals surface area contributed by atoms with Gasteiger partial charge >= 0.3 is 0 Å². The molecule has 0 heterocycles. The van der Waals surface area contributed by atoms with Crippen LogP contribution in [0.15, 0.2) is 48.4 Å². The van der Waals surface area contributed by atoms with Gasteiger partial charge in [-0.25, -0.2) is 4.39 Å². The van der Waals surface area contributed by atoms with Gasteiger partial charge < -0.3 is 5.41 Å². The van der Waals surface area contributed by atoms with E-state index in [9.17, 15) is 4.39 Å². The van der Waals surface area contributed by atoms with Crippen LogP contribution in [0.4, 0.5) is 4.39 Å². The van der Waals surface area contributed by atoms with Crippen LogP contribution in [0.25, 0.3) is 0 Å². The fourth-order valence-corrected chi connectivity index (χ4v) is 1.03. The molecule has 1 N–H and O–H groups in total. The lowest BCUT2D eigenvalue weighted by molar-refractivity contribution is 0.661. The SMILES string of the molecule is C=C(C(=N)/C=C/CCCC)/C(F)=C\C=C/C. The van der Waals surface area contributed by atoms with Crippen molar-refractivity contribution in [2.24, 2.45) is 0 Å². The van der Waals surface area contributed by atoms with E-state index in [-0.39, 0.29) is 11.3 Å². The highest BCUT2D eigenvalue weighted by Crippen LogP contribution is 2.11. The zero-order valence-electron chi connectivity index (χ0n) is 10.1. The van der Waals surface area contributed by atoms with E-state index in [1.807, 2.05) is 13.0 Å². The molecule has 0 aromatic carbocycles. The molecular formula is C14H20FN. The first-order valence-corrected chi connectivity index (χ1v) is 5.56. The van der Waals surface area contributed by atoms with Crippen molar-refractivity contribution < 1.29 is 4.39 Å². The van der Waals surface area contributed by atoms with Gasteiger partial charge in [0.2, 0.25) is 0 Å². The molecule has 0 fully saturated rings. The summed E-state index contributed by atoms with van der Waals surface area (Å²) in [6.07, 6.45) is 11.3. The van der Waals surface area contributed by atoms with Gasteiger partial charge in [-0.05, 0) is 25.5 Å². The molecule has 0 spiro atoms. The molecule has 0 aromatic rings. The molecule has 0 aliphatic heterocycles. The average molecular weight is 221 g/mol. The fraction of sp³-hybridized carbons (Fsp3) is 0.357. The second-order valence-corrected chi connectivity index (χ2v) is 3.48. The quantitative estimate of drug-likeness (QED) is 0.365. The third kappa shape index (κ3) is 6.12. The third-order valence-electron chi connectivity index (χ3n) is 2.06. The second kappa shape index (κ2) is 8.84. The smallest absolute Gasteiger partial charge is 0.131 e. The molecule has 0 unspecified atom stereocenters. The highest BCUT2D eigenvalue weighted by Gasteiger charge is 2.03. The van der Waals surface area contributed by atoms with Crippen LogP contribution in [0, 0.1) is 5.41 Å². The van der Waals surface area contributed by atoms with Gasteiger partial charge in [0.25, 0.3) is 0 Å². The minimum absolute atomic E-state index is 0.130. The number of hydrogen-bond acceptors (Lipinski definition) is 1. The summed E-state index contributed by atoms with van der Waals surface area (Å²) in [6.45, 7) is 7.47. The molecule has 0 radical (unpaired) electrons. The van der Waals surface area contributed by atoms with Gasteiger partial charge in [-0.3, -0.25) is 0 Å². The minimum Gasteiger partial charge on any atom is -0.300 e. The van der Waals surface area contributed by atoms with E-state index in [2.05, 4.69) is 13.5 Å². The second-order valence-electron chi connectivity index (χ2n) is 3.48. The maximum atomic E-state index is 13.3.